The van der Waals surface area contributed by atoms with Crippen LogP contribution in [0.2, 0.25) is 0 Å². The summed E-state index contributed by atoms with van der Waals surface area (Å²) in [6.07, 6.45) is 21.5. The number of pyridine rings is 2. The highest BCUT2D eigenvalue weighted by atomic mass is 16.6. The Labute approximate surface area is 331 Å². The smallest absolute Gasteiger partial charge is 0.307 e. The van der Waals surface area contributed by atoms with Gasteiger partial charge in [-0.2, -0.15) is 9.97 Å². The van der Waals surface area contributed by atoms with Gasteiger partial charge >= 0.3 is 11.9 Å². The molecule has 2 fully saturated rings. The van der Waals surface area contributed by atoms with Crippen LogP contribution in [-0.4, -0.2) is 52.9 Å². The van der Waals surface area contributed by atoms with Gasteiger partial charge in [-0.15, -0.1) is 0 Å². The van der Waals surface area contributed by atoms with Gasteiger partial charge in [0.2, 0.25) is 11.8 Å². The topological polar surface area (TPSA) is 167 Å². The zero-order valence-electron chi connectivity index (χ0n) is 33.5. The van der Waals surface area contributed by atoms with Gasteiger partial charge in [0, 0.05) is 35.6 Å². The highest BCUT2D eigenvalue weighted by Gasteiger charge is 2.28. The molecule has 56 heavy (non-hydrogen) atoms. The summed E-state index contributed by atoms with van der Waals surface area (Å²) in [5.41, 5.74) is 2.47. The molecule has 302 valence electrons. The first-order chi connectivity index (χ1) is 27.1. The van der Waals surface area contributed by atoms with Crippen molar-refractivity contribution in [2.45, 2.75) is 166 Å². The molecule has 0 saturated heterocycles. The van der Waals surface area contributed by atoms with E-state index in [0.717, 1.165) is 62.3 Å². The van der Waals surface area contributed by atoms with E-state index < -0.39 is 11.6 Å². The third kappa shape index (κ3) is 13.0. The van der Waals surface area contributed by atoms with Gasteiger partial charge in [-0.25, -0.2) is 0 Å². The Morgan fingerprint density at radius 1 is 0.786 bits per heavy atom. The zero-order valence-corrected chi connectivity index (χ0v) is 33.5. The molecule has 4 atom stereocenters. The monoisotopic (exact) mass is 768 g/mol. The summed E-state index contributed by atoms with van der Waals surface area (Å²) in [5, 5.41) is 18.1. The van der Waals surface area contributed by atoms with Crippen molar-refractivity contribution >= 4 is 11.9 Å². The first kappa shape index (κ1) is 41.2. The quantitative estimate of drug-likeness (QED) is 0.0898. The third-order valence-electron chi connectivity index (χ3n) is 11.5. The molecule has 0 radical (unpaired) electrons. The van der Waals surface area contributed by atoms with E-state index in [0.29, 0.717) is 54.5 Å². The van der Waals surface area contributed by atoms with Gasteiger partial charge in [-0.3, -0.25) is 19.6 Å². The van der Waals surface area contributed by atoms with Crippen molar-refractivity contribution in [3.63, 3.8) is 0 Å². The molecule has 12 nitrogen and oxygen atoms in total. The summed E-state index contributed by atoms with van der Waals surface area (Å²) < 4.78 is 17.1. The number of aliphatic carboxylic acids is 1. The molecule has 4 aromatic heterocycles. The number of esters is 1. The van der Waals surface area contributed by atoms with E-state index in [1.54, 1.807) is 6.20 Å². The molecule has 0 spiro atoms. The fraction of sp³-hybridized carbons (Fsp3) is 0.636. The lowest BCUT2D eigenvalue weighted by Gasteiger charge is -2.30. The second-order valence-corrected chi connectivity index (χ2v) is 17.2. The van der Waals surface area contributed by atoms with Crippen molar-refractivity contribution < 1.29 is 28.5 Å². The number of ether oxygens (including phenoxy) is 1. The van der Waals surface area contributed by atoms with Crippen LogP contribution in [0.1, 0.15) is 188 Å². The first-order valence-corrected chi connectivity index (χ1v) is 21.0. The maximum absolute atomic E-state index is 12.9. The van der Waals surface area contributed by atoms with Crippen molar-refractivity contribution in [3.8, 4) is 0 Å². The Morgan fingerprint density at radius 3 is 2.09 bits per heavy atom. The van der Waals surface area contributed by atoms with Crippen molar-refractivity contribution in [1.29, 1.82) is 0 Å². The molecule has 2 saturated carbocycles. The van der Waals surface area contributed by atoms with Crippen LogP contribution in [0.25, 0.3) is 0 Å². The van der Waals surface area contributed by atoms with E-state index in [2.05, 4.69) is 37.4 Å². The molecule has 1 N–H and O–H groups in total. The van der Waals surface area contributed by atoms with Crippen molar-refractivity contribution in [3.05, 3.63) is 83.1 Å². The van der Waals surface area contributed by atoms with Crippen LogP contribution in [0.15, 0.2) is 51.8 Å². The van der Waals surface area contributed by atoms with Crippen LogP contribution in [0.3, 0.4) is 0 Å². The minimum Gasteiger partial charge on any atom is -0.481 e. The fourth-order valence-corrected chi connectivity index (χ4v) is 8.74. The van der Waals surface area contributed by atoms with E-state index in [4.69, 9.17) is 18.8 Å². The number of hydrogen-bond acceptors (Lipinski definition) is 11. The first-order valence-electron chi connectivity index (χ1n) is 21.0. The van der Waals surface area contributed by atoms with Gasteiger partial charge in [0.25, 0.3) is 0 Å². The molecule has 0 aromatic carbocycles. The van der Waals surface area contributed by atoms with Crippen molar-refractivity contribution in [2.24, 2.45) is 11.8 Å². The molecule has 2 aliphatic rings. The zero-order chi connectivity index (χ0) is 39.3. The second kappa shape index (κ2) is 20.1. The van der Waals surface area contributed by atoms with Gasteiger partial charge in [0.15, 0.2) is 11.6 Å². The fourth-order valence-electron chi connectivity index (χ4n) is 8.74. The average molecular weight is 769 g/mol. The highest BCUT2D eigenvalue weighted by Crippen LogP contribution is 2.39. The lowest BCUT2D eigenvalue weighted by atomic mass is 9.76. The summed E-state index contributed by atoms with van der Waals surface area (Å²) >= 11 is 0. The molecule has 4 aromatic rings. The van der Waals surface area contributed by atoms with Gasteiger partial charge in [0.05, 0.1) is 25.7 Å². The summed E-state index contributed by atoms with van der Waals surface area (Å²) in [6, 6.07) is 9.99. The minimum atomic E-state index is -0.867. The van der Waals surface area contributed by atoms with E-state index in [9.17, 15) is 14.7 Å². The number of carboxylic acid groups (broad SMARTS) is 1. The van der Waals surface area contributed by atoms with Gasteiger partial charge in [-0.05, 0) is 94.0 Å². The molecular formula is C44H60N6O6. The number of aromatic nitrogens is 6. The molecule has 12 heteroatoms. The molecule has 0 aliphatic heterocycles. The Bertz CT molecular complexity index is 1810. The Balaban J connectivity index is 1.02. The molecule has 0 amide bonds. The summed E-state index contributed by atoms with van der Waals surface area (Å²) in [4.78, 5) is 43.0. The van der Waals surface area contributed by atoms with Gasteiger partial charge in [-0.1, -0.05) is 87.0 Å². The van der Waals surface area contributed by atoms with E-state index in [1.165, 1.54) is 50.5 Å². The SMILES string of the molecule is CC(C)(C)OC(=O)C[C@@H](CCCC1CCCCC1)c1nc(Cc2cc(C3CCCC(CCC[C@H](CC(=O)O)c4nc(Cc5ccccn5)no4)C3)ccn2)no1. The van der Waals surface area contributed by atoms with Crippen molar-refractivity contribution in [1.82, 2.24) is 30.2 Å². The summed E-state index contributed by atoms with van der Waals surface area (Å²) in [6.45, 7) is 5.67. The molecule has 2 aliphatic carbocycles. The molecular weight excluding hydrogens is 709 g/mol. The number of nitrogens with zero attached hydrogens (tertiary/aromatic N) is 6. The molecule has 6 rings (SSSR count). The predicted octanol–water partition coefficient (Wildman–Crippen LogP) is 9.69. The number of rotatable bonds is 19. The maximum Gasteiger partial charge on any atom is 0.307 e. The summed E-state index contributed by atoms with van der Waals surface area (Å²) in [5.74, 6) is 2.16. The van der Waals surface area contributed by atoms with Crippen molar-refractivity contribution in [2.75, 3.05) is 0 Å². The molecule has 4 heterocycles. The Kier molecular flexibility index (Phi) is 14.8. The van der Waals surface area contributed by atoms with Gasteiger partial charge < -0.3 is 18.9 Å². The normalized spacial score (nSPS) is 19.1. The average Bonchev–Trinajstić information content (AvgIpc) is 3.84. The number of carbonyl (C=O) groups excluding carboxylic acids is 1. The second-order valence-electron chi connectivity index (χ2n) is 17.2. The number of carbonyl (C=O) groups is 2. The molecule has 0 bridgehead atoms. The van der Waals surface area contributed by atoms with E-state index in [1.807, 2.05) is 45.2 Å². The van der Waals surface area contributed by atoms with Crippen LogP contribution < -0.4 is 0 Å². The predicted molar refractivity (Wildman–Crippen MR) is 210 cm³/mol. The summed E-state index contributed by atoms with van der Waals surface area (Å²) in [7, 11) is 0. The maximum atomic E-state index is 12.9. The Morgan fingerprint density at radius 2 is 1.43 bits per heavy atom. The molecule has 2 unspecified atom stereocenters. The van der Waals surface area contributed by atoms with Crippen LogP contribution in [-0.2, 0) is 27.2 Å². The van der Waals surface area contributed by atoms with Crippen LogP contribution in [0, 0.1) is 11.8 Å². The van der Waals surface area contributed by atoms with E-state index in [-0.39, 0.29) is 30.6 Å². The number of carboxylic acids is 1. The largest absolute Gasteiger partial charge is 0.481 e. The highest BCUT2D eigenvalue weighted by molar-refractivity contribution is 5.70. The third-order valence-corrected chi connectivity index (χ3v) is 11.5. The Hall–Kier alpha value is -4.48. The van der Waals surface area contributed by atoms with Crippen LogP contribution in [0.4, 0.5) is 0 Å². The van der Waals surface area contributed by atoms with Crippen LogP contribution in [0.5, 0.6) is 0 Å². The van der Waals surface area contributed by atoms with Crippen LogP contribution >= 0.6 is 0 Å². The lowest BCUT2D eigenvalue weighted by molar-refractivity contribution is -0.155. The van der Waals surface area contributed by atoms with Gasteiger partial charge in [0.1, 0.15) is 5.60 Å². The standard InChI is InChI=1S/C44H60N6O6/c1-44(2,3)54-41(53)27-35(19-9-14-30-12-5-4-6-13-30)43-48-39(50-56-43)29-37-25-33(21-23-46-37)32-17-10-15-31(24-32)16-11-18-34(26-40(51)52)42-47-38(49-55-42)28-36-20-7-8-22-45-36/h7-8,20-23,25,30-32,34-35H,4-6,9-19,24,26-29H2,1-3H3,(H,51,52)/t31?,32?,34-,35-/m1/s1. The van der Waals surface area contributed by atoms with E-state index >= 15 is 0 Å². The lowest BCUT2D eigenvalue weighted by Crippen LogP contribution is -2.25. The minimum absolute atomic E-state index is 0.0367. The number of hydrogen-bond donors (Lipinski definition) is 1.